The van der Waals surface area contributed by atoms with Gasteiger partial charge in [-0.3, -0.25) is 14.9 Å². The van der Waals surface area contributed by atoms with E-state index < -0.39 is 16.2 Å². The average molecular weight is 290 g/mol. The molecule has 1 heterocycles. The van der Waals surface area contributed by atoms with Crippen LogP contribution in [0.2, 0.25) is 0 Å². The van der Waals surface area contributed by atoms with Crippen LogP contribution < -0.4 is 5.56 Å². The zero-order valence-electron chi connectivity index (χ0n) is 11.4. The Kier molecular flexibility index (Phi) is 3.94. The molecule has 0 spiro atoms. The summed E-state index contributed by atoms with van der Waals surface area (Å²) in [7, 11) is 0. The smallest absolute Gasteiger partial charge is 0.323 e. The number of aromatic amines is 1. The summed E-state index contributed by atoms with van der Waals surface area (Å²) < 4.78 is 0. The van der Waals surface area contributed by atoms with Gasteiger partial charge in [-0.2, -0.15) is 0 Å². The number of aryl methyl sites for hydroxylation is 3. The van der Waals surface area contributed by atoms with Crippen LogP contribution in [0.4, 0.5) is 5.69 Å². The molecule has 0 amide bonds. The summed E-state index contributed by atoms with van der Waals surface area (Å²) in [5, 5.41) is 11.1. The van der Waals surface area contributed by atoms with Gasteiger partial charge in [-0.1, -0.05) is 17.8 Å². The summed E-state index contributed by atoms with van der Waals surface area (Å²) in [4.78, 5) is 25.8. The lowest BCUT2D eigenvalue weighted by atomic mass is 10.2. The van der Waals surface area contributed by atoms with Crippen molar-refractivity contribution in [1.29, 1.82) is 0 Å². The van der Waals surface area contributed by atoms with E-state index >= 15 is 0 Å². The molecular weight excluding hydrogens is 276 g/mol. The second-order valence-electron chi connectivity index (χ2n) is 4.66. The molecule has 20 heavy (non-hydrogen) atoms. The summed E-state index contributed by atoms with van der Waals surface area (Å²) in [5.74, 6) is 0. The van der Waals surface area contributed by atoms with Gasteiger partial charge >= 0.3 is 11.2 Å². The Morgan fingerprint density at radius 3 is 2.30 bits per heavy atom. The van der Waals surface area contributed by atoms with Crippen molar-refractivity contribution in [3.63, 3.8) is 0 Å². The minimum atomic E-state index is -0.674. The van der Waals surface area contributed by atoms with Gasteiger partial charge in [0, 0.05) is 11.1 Å². The molecule has 0 fully saturated rings. The molecule has 5 nitrogen and oxygen atoms in total. The highest BCUT2D eigenvalue weighted by atomic mass is 32.2. The van der Waals surface area contributed by atoms with E-state index in [0.29, 0.717) is 10.5 Å². The maximum atomic E-state index is 11.6. The van der Waals surface area contributed by atoms with E-state index in [1.807, 2.05) is 32.0 Å². The molecule has 2 aromatic rings. The van der Waals surface area contributed by atoms with Crippen LogP contribution in [0.15, 0.2) is 39.0 Å². The monoisotopic (exact) mass is 290 g/mol. The fourth-order valence-electron chi connectivity index (χ4n) is 2.00. The van der Waals surface area contributed by atoms with E-state index in [-0.39, 0.29) is 0 Å². The van der Waals surface area contributed by atoms with E-state index in [1.54, 1.807) is 6.92 Å². The van der Waals surface area contributed by atoms with Crippen molar-refractivity contribution in [2.75, 3.05) is 0 Å². The van der Waals surface area contributed by atoms with Crippen molar-refractivity contribution >= 4 is 17.4 Å². The summed E-state index contributed by atoms with van der Waals surface area (Å²) in [6, 6.07) is 5.92. The molecule has 0 unspecified atom stereocenters. The third kappa shape index (κ3) is 2.91. The second kappa shape index (κ2) is 5.50. The Labute approximate surface area is 120 Å². The maximum absolute atomic E-state index is 11.6. The Morgan fingerprint density at radius 1 is 1.15 bits per heavy atom. The highest BCUT2D eigenvalue weighted by Gasteiger charge is 2.22. The molecule has 0 atom stereocenters. The zero-order valence-corrected chi connectivity index (χ0v) is 12.2. The predicted octanol–water partition coefficient (Wildman–Crippen LogP) is 3.36. The fourth-order valence-corrected chi connectivity index (χ4v) is 3.21. The molecule has 0 bridgehead atoms. The van der Waals surface area contributed by atoms with Gasteiger partial charge in [-0.15, -0.1) is 0 Å². The molecule has 0 saturated heterocycles. The minimum absolute atomic E-state index is 0.392. The van der Waals surface area contributed by atoms with E-state index in [9.17, 15) is 14.9 Å². The highest BCUT2D eigenvalue weighted by molar-refractivity contribution is 7.99. The number of hydrogen-bond acceptors (Lipinski definition) is 4. The van der Waals surface area contributed by atoms with Crippen LogP contribution in [-0.4, -0.2) is 9.91 Å². The van der Waals surface area contributed by atoms with Gasteiger partial charge in [-0.25, -0.2) is 0 Å². The number of nitrogens with zero attached hydrogens (tertiary/aromatic N) is 1. The minimum Gasteiger partial charge on any atom is -0.323 e. The largest absolute Gasteiger partial charge is 0.347 e. The number of aromatic nitrogens is 1. The van der Waals surface area contributed by atoms with Crippen molar-refractivity contribution in [3.05, 3.63) is 61.6 Å². The second-order valence-corrected chi connectivity index (χ2v) is 5.74. The molecule has 0 aliphatic heterocycles. The van der Waals surface area contributed by atoms with Crippen molar-refractivity contribution in [2.45, 2.75) is 30.6 Å². The van der Waals surface area contributed by atoms with E-state index in [0.717, 1.165) is 16.0 Å². The molecule has 0 saturated carbocycles. The first kappa shape index (κ1) is 14.3. The van der Waals surface area contributed by atoms with Gasteiger partial charge in [0.05, 0.1) is 4.92 Å². The Balaban J connectivity index is 2.56. The van der Waals surface area contributed by atoms with Gasteiger partial charge in [0.1, 0.15) is 4.90 Å². The first-order chi connectivity index (χ1) is 9.38. The topological polar surface area (TPSA) is 76.0 Å². The predicted molar refractivity (Wildman–Crippen MR) is 78.5 cm³/mol. The molecule has 6 heteroatoms. The highest BCUT2D eigenvalue weighted by Crippen LogP contribution is 2.35. The normalized spacial score (nSPS) is 10.6. The summed E-state index contributed by atoms with van der Waals surface area (Å²) >= 11 is 1.25. The van der Waals surface area contributed by atoms with Crippen LogP contribution in [0.5, 0.6) is 0 Å². The van der Waals surface area contributed by atoms with Crippen LogP contribution in [0, 0.1) is 30.9 Å². The number of H-pyrrole nitrogens is 1. The first-order valence-corrected chi connectivity index (χ1v) is 6.83. The molecule has 0 aliphatic carbocycles. The van der Waals surface area contributed by atoms with Gasteiger partial charge in [-0.05, 0) is 49.6 Å². The number of nitrogens with one attached hydrogen (secondary N) is 1. The molecular formula is C14H14N2O3S. The first-order valence-electron chi connectivity index (χ1n) is 6.01. The van der Waals surface area contributed by atoms with Crippen molar-refractivity contribution < 1.29 is 4.92 Å². The molecule has 104 valence electrons. The number of hydrogen-bond donors (Lipinski definition) is 1. The zero-order chi connectivity index (χ0) is 14.9. The Bertz CT molecular complexity index is 717. The van der Waals surface area contributed by atoms with E-state index in [1.165, 1.54) is 18.0 Å². The van der Waals surface area contributed by atoms with Crippen LogP contribution in [0.3, 0.4) is 0 Å². The van der Waals surface area contributed by atoms with E-state index in [4.69, 9.17) is 0 Å². The fraction of sp³-hybridized carbons (Fsp3) is 0.214. The van der Waals surface area contributed by atoms with Crippen molar-refractivity contribution in [3.8, 4) is 0 Å². The average Bonchev–Trinajstić information content (AvgIpc) is 2.32. The summed E-state index contributed by atoms with van der Waals surface area (Å²) in [6.07, 6.45) is 1.50. The van der Waals surface area contributed by atoms with Gasteiger partial charge in [0.25, 0.3) is 0 Å². The lowest BCUT2D eigenvalue weighted by Gasteiger charge is -2.07. The number of nitro groups is 1. The molecule has 1 N–H and O–H groups in total. The Hall–Kier alpha value is -2.08. The molecule has 0 aliphatic rings. The lowest BCUT2D eigenvalue weighted by Crippen LogP contribution is -2.13. The van der Waals surface area contributed by atoms with Crippen LogP contribution in [0.1, 0.15) is 16.7 Å². The SMILES string of the molecule is Cc1cc(C)cc(Sc2c(C)c[nH]c(=O)c2[N+](=O)[O-])c1. The van der Waals surface area contributed by atoms with Gasteiger partial charge in [0.2, 0.25) is 0 Å². The molecule has 0 radical (unpaired) electrons. The van der Waals surface area contributed by atoms with Gasteiger partial charge in [0.15, 0.2) is 0 Å². The summed E-state index contributed by atoms with van der Waals surface area (Å²) in [6.45, 7) is 5.68. The quantitative estimate of drug-likeness (QED) is 0.694. The molecule has 1 aromatic heterocycles. The summed E-state index contributed by atoms with van der Waals surface area (Å²) in [5.41, 5.74) is 1.78. The molecule has 2 rings (SSSR count). The molecule has 1 aromatic carbocycles. The van der Waals surface area contributed by atoms with Crippen LogP contribution in [0.25, 0.3) is 0 Å². The van der Waals surface area contributed by atoms with Crippen LogP contribution in [-0.2, 0) is 0 Å². The number of benzene rings is 1. The third-order valence-electron chi connectivity index (χ3n) is 2.81. The van der Waals surface area contributed by atoms with Gasteiger partial charge < -0.3 is 4.98 Å². The van der Waals surface area contributed by atoms with Crippen LogP contribution >= 0.6 is 11.8 Å². The lowest BCUT2D eigenvalue weighted by molar-refractivity contribution is -0.389. The Morgan fingerprint density at radius 2 is 1.75 bits per heavy atom. The number of pyridine rings is 1. The van der Waals surface area contributed by atoms with E-state index in [2.05, 4.69) is 4.98 Å². The number of rotatable bonds is 3. The third-order valence-corrected chi connectivity index (χ3v) is 4.00. The maximum Gasteiger partial charge on any atom is 0.347 e. The van der Waals surface area contributed by atoms with Crippen molar-refractivity contribution in [1.82, 2.24) is 4.98 Å². The van der Waals surface area contributed by atoms with Crippen molar-refractivity contribution in [2.24, 2.45) is 0 Å². The standard InChI is InChI=1S/C14H14N2O3S/c1-8-4-9(2)6-11(5-8)20-13-10(3)7-15-14(17)12(13)16(18)19/h4-7H,1-3H3,(H,15,17).